The maximum absolute atomic E-state index is 13.3. The van der Waals surface area contributed by atoms with Crippen molar-refractivity contribution in [3.05, 3.63) is 0 Å². The highest BCUT2D eigenvalue weighted by Gasteiger charge is 2.70. The van der Waals surface area contributed by atoms with Gasteiger partial charge >= 0.3 is 6.18 Å². The summed E-state index contributed by atoms with van der Waals surface area (Å²) in [6.07, 6.45) is -13.4. The Morgan fingerprint density at radius 3 is 1.68 bits per heavy atom. The molecule has 0 radical (unpaired) electrons. The third-order valence-corrected chi connectivity index (χ3v) is 2.57. The maximum Gasteiger partial charge on any atom is 0.423 e. The zero-order chi connectivity index (χ0) is 15.7. The highest BCUT2D eigenvalue weighted by atomic mass is 19.4. The Hall–Kier alpha value is -0.600. The quantitative estimate of drug-likeness (QED) is 0.732. The van der Waals surface area contributed by atoms with Gasteiger partial charge in [0.15, 0.2) is 0 Å². The van der Waals surface area contributed by atoms with E-state index in [1.54, 1.807) is 0 Å². The summed E-state index contributed by atoms with van der Waals surface area (Å²) in [5.74, 6) is -9.34. The molecule has 0 spiro atoms. The lowest BCUT2D eigenvalue weighted by molar-refractivity contribution is -0.345. The van der Waals surface area contributed by atoms with E-state index >= 15 is 0 Å². The molecule has 0 bridgehead atoms. The summed E-state index contributed by atoms with van der Waals surface area (Å²) in [5, 5.41) is 9.09. The standard InChI is InChI=1S/C10H14F8O/c1-3-6(11)4-8(19,10(16,17)18)9(14,15)5-7(2,12)13/h6,19H,3-5H2,1-2H3. The van der Waals surface area contributed by atoms with Gasteiger partial charge in [0.25, 0.3) is 11.8 Å². The Morgan fingerprint density at radius 2 is 1.42 bits per heavy atom. The molecule has 0 aliphatic heterocycles. The molecule has 9 heteroatoms. The molecule has 0 saturated carbocycles. The van der Waals surface area contributed by atoms with E-state index in [0.29, 0.717) is 0 Å². The van der Waals surface area contributed by atoms with Crippen LogP contribution in [0.3, 0.4) is 0 Å². The summed E-state index contributed by atoms with van der Waals surface area (Å²) in [6.45, 7) is 1.07. The second-order valence-corrected chi connectivity index (χ2v) is 4.52. The fourth-order valence-electron chi connectivity index (χ4n) is 1.47. The summed E-state index contributed by atoms with van der Waals surface area (Å²) in [4.78, 5) is 0. The van der Waals surface area contributed by atoms with Crippen LogP contribution in [-0.4, -0.2) is 34.9 Å². The van der Waals surface area contributed by atoms with Crippen LogP contribution in [-0.2, 0) is 0 Å². The van der Waals surface area contributed by atoms with Crippen molar-refractivity contribution in [1.29, 1.82) is 0 Å². The molecular formula is C10H14F8O. The van der Waals surface area contributed by atoms with Crippen LogP contribution >= 0.6 is 0 Å². The summed E-state index contributed by atoms with van der Waals surface area (Å²) in [5.41, 5.74) is -4.82. The fraction of sp³-hybridized carbons (Fsp3) is 1.00. The third-order valence-electron chi connectivity index (χ3n) is 2.57. The van der Waals surface area contributed by atoms with Crippen molar-refractivity contribution >= 4 is 0 Å². The Balaban J connectivity index is 5.47. The van der Waals surface area contributed by atoms with Gasteiger partial charge in [-0.2, -0.15) is 13.2 Å². The summed E-state index contributed by atoms with van der Waals surface area (Å²) < 4.78 is 102. The molecule has 0 fully saturated rings. The van der Waals surface area contributed by atoms with Crippen LogP contribution in [0.5, 0.6) is 0 Å². The fourth-order valence-corrected chi connectivity index (χ4v) is 1.47. The van der Waals surface area contributed by atoms with E-state index in [-0.39, 0.29) is 6.92 Å². The van der Waals surface area contributed by atoms with Gasteiger partial charge in [0.1, 0.15) is 6.17 Å². The molecule has 0 amide bonds. The predicted molar refractivity (Wildman–Crippen MR) is 51.0 cm³/mol. The third kappa shape index (κ3) is 4.47. The minimum atomic E-state index is -5.93. The van der Waals surface area contributed by atoms with Crippen molar-refractivity contribution in [3.8, 4) is 0 Å². The van der Waals surface area contributed by atoms with E-state index in [2.05, 4.69) is 0 Å². The molecule has 2 unspecified atom stereocenters. The zero-order valence-corrected chi connectivity index (χ0v) is 10.2. The van der Waals surface area contributed by atoms with Crippen molar-refractivity contribution in [1.82, 2.24) is 0 Å². The van der Waals surface area contributed by atoms with Gasteiger partial charge in [-0.25, -0.2) is 22.0 Å². The van der Waals surface area contributed by atoms with Gasteiger partial charge in [-0.1, -0.05) is 6.92 Å². The monoisotopic (exact) mass is 302 g/mol. The van der Waals surface area contributed by atoms with Crippen LogP contribution < -0.4 is 0 Å². The normalized spacial score (nSPS) is 19.1. The molecule has 0 aliphatic rings. The molecule has 0 aliphatic carbocycles. The zero-order valence-electron chi connectivity index (χ0n) is 10.2. The van der Waals surface area contributed by atoms with Gasteiger partial charge in [-0.15, -0.1) is 0 Å². The number of halogens is 8. The van der Waals surface area contributed by atoms with Gasteiger partial charge < -0.3 is 5.11 Å². The maximum atomic E-state index is 13.3. The molecule has 0 aromatic heterocycles. The molecule has 116 valence electrons. The average molecular weight is 302 g/mol. The Morgan fingerprint density at radius 1 is 1.00 bits per heavy atom. The van der Waals surface area contributed by atoms with Crippen LogP contribution in [0, 0.1) is 0 Å². The molecule has 0 rings (SSSR count). The van der Waals surface area contributed by atoms with E-state index in [0.717, 1.165) is 6.92 Å². The Bertz CT molecular complexity index is 295. The average Bonchev–Trinajstić information content (AvgIpc) is 2.11. The molecule has 1 N–H and O–H groups in total. The molecule has 0 heterocycles. The second-order valence-electron chi connectivity index (χ2n) is 4.52. The number of aliphatic hydroxyl groups is 1. The lowest BCUT2D eigenvalue weighted by Crippen LogP contribution is -2.61. The molecular weight excluding hydrogens is 288 g/mol. The van der Waals surface area contributed by atoms with E-state index < -0.39 is 49.1 Å². The smallest absolute Gasteiger partial charge is 0.376 e. The van der Waals surface area contributed by atoms with Crippen LogP contribution in [0.25, 0.3) is 0 Å². The van der Waals surface area contributed by atoms with Crippen molar-refractivity contribution in [2.45, 2.75) is 62.9 Å². The van der Waals surface area contributed by atoms with Crippen molar-refractivity contribution < 1.29 is 40.2 Å². The second kappa shape index (κ2) is 5.41. The minimum absolute atomic E-state index is 0.00947. The summed E-state index contributed by atoms with van der Waals surface area (Å²) in [6, 6.07) is 0. The molecule has 19 heavy (non-hydrogen) atoms. The molecule has 0 aromatic carbocycles. The van der Waals surface area contributed by atoms with Crippen LogP contribution in [0.1, 0.15) is 33.1 Å². The minimum Gasteiger partial charge on any atom is -0.376 e. The molecule has 2 atom stereocenters. The molecule has 0 aromatic rings. The summed E-state index contributed by atoms with van der Waals surface area (Å²) in [7, 11) is 0. The lowest BCUT2D eigenvalue weighted by Gasteiger charge is -2.38. The number of hydrogen-bond acceptors (Lipinski definition) is 1. The van der Waals surface area contributed by atoms with Crippen LogP contribution in [0.15, 0.2) is 0 Å². The highest BCUT2D eigenvalue weighted by molar-refractivity contribution is 5.01. The van der Waals surface area contributed by atoms with E-state index in [9.17, 15) is 35.1 Å². The van der Waals surface area contributed by atoms with Crippen LogP contribution in [0.2, 0.25) is 0 Å². The first-order chi connectivity index (χ1) is 8.16. The number of rotatable bonds is 6. The number of alkyl halides is 8. The lowest BCUT2D eigenvalue weighted by atomic mass is 9.85. The first-order valence-corrected chi connectivity index (χ1v) is 5.35. The first kappa shape index (κ1) is 18.4. The topological polar surface area (TPSA) is 20.2 Å². The summed E-state index contributed by atoms with van der Waals surface area (Å²) >= 11 is 0. The molecule has 0 saturated heterocycles. The first-order valence-electron chi connectivity index (χ1n) is 5.35. The van der Waals surface area contributed by atoms with Gasteiger partial charge in [-0.3, -0.25) is 0 Å². The van der Waals surface area contributed by atoms with E-state index in [4.69, 9.17) is 5.11 Å². The van der Waals surface area contributed by atoms with Gasteiger partial charge in [0.2, 0.25) is 5.60 Å². The van der Waals surface area contributed by atoms with Gasteiger partial charge in [0, 0.05) is 6.42 Å². The highest BCUT2D eigenvalue weighted by Crippen LogP contribution is 2.49. The Labute approximate surface area is 104 Å². The SMILES string of the molecule is CCC(F)CC(O)(C(F)(F)F)C(F)(F)CC(C)(F)F. The van der Waals surface area contributed by atoms with Gasteiger partial charge in [0.05, 0.1) is 6.42 Å². The van der Waals surface area contributed by atoms with Crippen molar-refractivity contribution in [2.75, 3.05) is 0 Å². The van der Waals surface area contributed by atoms with Crippen LogP contribution in [0.4, 0.5) is 35.1 Å². The van der Waals surface area contributed by atoms with E-state index in [1.807, 2.05) is 0 Å². The number of hydrogen-bond donors (Lipinski definition) is 1. The predicted octanol–water partition coefficient (Wildman–Crippen LogP) is 4.10. The largest absolute Gasteiger partial charge is 0.423 e. The Kier molecular flexibility index (Phi) is 5.24. The van der Waals surface area contributed by atoms with Crippen molar-refractivity contribution in [3.63, 3.8) is 0 Å². The molecule has 1 nitrogen and oxygen atoms in total. The van der Waals surface area contributed by atoms with Crippen molar-refractivity contribution in [2.24, 2.45) is 0 Å². The van der Waals surface area contributed by atoms with E-state index in [1.165, 1.54) is 0 Å². The van der Waals surface area contributed by atoms with Gasteiger partial charge in [-0.05, 0) is 13.3 Å².